The first-order valence-corrected chi connectivity index (χ1v) is 7.16. The second kappa shape index (κ2) is 6.03. The van der Waals surface area contributed by atoms with Gasteiger partial charge in [0.2, 0.25) is 0 Å². The molecule has 4 nitrogen and oxygen atoms in total. The average molecular weight is 294 g/mol. The molecule has 1 heterocycles. The summed E-state index contributed by atoms with van der Waals surface area (Å²) in [7, 11) is 1.62. The molecule has 0 unspecified atom stereocenters. The van der Waals surface area contributed by atoms with Gasteiger partial charge in [-0.1, -0.05) is 24.3 Å². The Morgan fingerprint density at radius 3 is 2.45 bits per heavy atom. The van der Waals surface area contributed by atoms with E-state index in [0.717, 1.165) is 22.3 Å². The Hall–Kier alpha value is -2.59. The van der Waals surface area contributed by atoms with Crippen LogP contribution in [0.15, 0.2) is 59.5 Å². The van der Waals surface area contributed by atoms with Crippen LogP contribution >= 0.6 is 0 Å². The van der Waals surface area contributed by atoms with Crippen LogP contribution in [0.25, 0.3) is 10.8 Å². The largest absolute Gasteiger partial charge is 0.497 e. The average Bonchev–Trinajstić information content (AvgIpc) is 2.57. The first-order chi connectivity index (χ1) is 10.7. The number of hydrogen-bond donors (Lipinski definition) is 1. The number of nitrogens with two attached hydrogens (primary N) is 1. The van der Waals surface area contributed by atoms with Crippen LogP contribution in [0.1, 0.15) is 11.1 Å². The number of aromatic nitrogens is 1. The molecule has 0 radical (unpaired) electrons. The Morgan fingerprint density at radius 1 is 1.05 bits per heavy atom. The van der Waals surface area contributed by atoms with Gasteiger partial charge in [-0.05, 0) is 40.8 Å². The Morgan fingerprint density at radius 2 is 1.77 bits per heavy atom. The standard InChI is InChI=1S/C18H18N2O2/c1-22-16-6-7-17-15(10-16)8-9-20(18(17)21)12-14-4-2-13(11-19)3-5-14/h2-10H,11-12,19H2,1H3. The number of nitrogens with zero attached hydrogens (tertiary/aromatic N) is 1. The lowest BCUT2D eigenvalue weighted by Crippen LogP contribution is -2.20. The molecule has 4 heteroatoms. The van der Waals surface area contributed by atoms with Gasteiger partial charge in [0, 0.05) is 18.1 Å². The van der Waals surface area contributed by atoms with Crippen molar-refractivity contribution in [3.8, 4) is 5.75 Å². The second-order valence-electron chi connectivity index (χ2n) is 5.22. The Bertz CT molecular complexity index is 851. The molecule has 0 saturated carbocycles. The zero-order valence-electron chi connectivity index (χ0n) is 12.5. The molecule has 3 rings (SSSR count). The SMILES string of the molecule is COc1ccc2c(=O)n(Cc3ccc(CN)cc3)ccc2c1. The maximum atomic E-state index is 12.6. The Balaban J connectivity index is 1.97. The molecule has 0 aliphatic heterocycles. The van der Waals surface area contributed by atoms with E-state index in [4.69, 9.17) is 10.5 Å². The van der Waals surface area contributed by atoms with Crippen molar-refractivity contribution >= 4 is 10.8 Å². The van der Waals surface area contributed by atoms with E-state index in [-0.39, 0.29) is 5.56 Å². The first-order valence-electron chi connectivity index (χ1n) is 7.16. The van der Waals surface area contributed by atoms with Gasteiger partial charge in [-0.15, -0.1) is 0 Å². The monoisotopic (exact) mass is 294 g/mol. The summed E-state index contributed by atoms with van der Waals surface area (Å²) in [5, 5.41) is 1.58. The van der Waals surface area contributed by atoms with Crippen molar-refractivity contribution < 1.29 is 4.74 Å². The smallest absolute Gasteiger partial charge is 0.258 e. The summed E-state index contributed by atoms with van der Waals surface area (Å²) in [5.74, 6) is 0.752. The summed E-state index contributed by atoms with van der Waals surface area (Å²) in [6.07, 6.45) is 1.82. The summed E-state index contributed by atoms with van der Waals surface area (Å²) in [5.41, 5.74) is 7.76. The third-order valence-corrected chi connectivity index (χ3v) is 3.80. The number of hydrogen-bond acceptors (Lipinski definition) is 3. The Labute approximate surface area is 128 Å². The van der Waals surface area contributed by atoms with E-state index >= 15 is 0 Å². The van der Waals surface area contributed by atoms with Crippen molar-refractivity contribution in [1.82, 2.24) is 4.57 Å². The lowest BCUT2D eigenvalue weighted by molar-refractivity contribution is 0.415. The van der Waals surface area contributed by atoms with Crippen LogP contribution in [-0.2, 0) is 13.1 Å². The third kappa shape index (κ3) is 2.73. The number of methoxy groups -OCH3 is 1. The van der Waals surface area contributed by atoms with Crippen LogP contribution in [0, 0.1) is 0 Å². The minimum atomic E-state index is 0.00283. The minimum absolute atomic E-state index is 0.00283. The third-order valence-electron chi connectivity index (χ3n) is 3.80. The fraction of sp³-hybridized carbons (Fsp3) is 0.167. The normalized spacial score (nSPS) is 10.8. The number of benzene rings is 2. The predicted octanol–water partition coefficient (Wildman–Crippen LogP) is 2.52. The van der Waals surface area contributed by atoms with Crippen molar-refractivity contribution in [3.63, 3.8) is 0 Å². The van der Waals surface area contributed by atoms with Gasteiger partial charge in [0.1, 0.15) is 5.75 Å². The van der Waals surface area contributed by atoms with Gasteiger partial charge in [-0.3, -0.25) is 4.79 Å². The van der Waals surface area contributed by atoms with Crippen LogP contribution in [-0.4, -0.2) is 11.7 Å². The maximum absolute atomic E-state index is 12.6. The van der Waals surface area contributed by atoms with E-state index in [1.165, 1.54) is 0 Å². The predicted molar refractivity (Wildman–Crippen MR) is 88.2 cm³/mol. The van der Waals surface area contributed by atoms with E-state index in [2.05, 4.69) is 0 Å². The van der Waals surface area contributed by atoms with Crippen LogP contribution in [0.3, 0.4) is 0 Å². The van der Waals surface area contributed by atoms with Gasteiger partial charge in [0.15, 0.2) is 0 Å². The summed E-state index contributed by atoms with van der Waals surface area (Å²) in [6, 6.07) is 15.4. The maximum Gasteiger partial charge on any atom is 0.258 e. The summed E-state index contributed by atoms with van der Waals surface area (Å²) >= 11 is 0. The van der Waals surface area contributed by atoms with E-state index in [0.29, 0.717) is 18.5 Å². The molecular weight excluding hydrogens is 276 g/mol. The van der Waals surface area contributed by atoms with E-state index < -0.39 is 0 Å². The highest BCUT2D eigenvalue weighted by atomic mass is 16.5. The molecule has 0 spiro atoms. The van der Waals surface area contributed by atoms with Crippen molar-refractivity contribution in [2.75, 3.05) is 7.11 Å². The summed E-state index contributed by atoms with van der Waals surface area (Å²) in [6.45, 7) is 1.07. The number of fused-ring (bicyclic) bond motifs is 1. The van der Waals surface area contributed by atoms with Crippen LogP contribution in [0.5, 0.6) is 5.75 Å². The van der Waals surface area contributed by atoms with Gasteiger partial charge >= 0.3 is 0 Å². The fourth-order valence-electron chi connectivity index (χ4n) is 2.50. The highest BCUT2D eigenvalue weighted by molar-refractivity contribution is 5.82. The number of pyridine rings is 1. The van der Waals surface area contributed by atoms with Crippen molar-refractivity contribution in [2.45, 2.75) is 13.1 Å². The van der Waals surface area contributed by atoms with Crippen molar-refractivity contribution in [1.29, 1.82) is 0 Å². The zero-order chi connectivity index (χ0) is 15.5. The lowest BCUT2D eigenvalue weighted by Gasteiger charge is -2.09. The molecule has 22 heavy (non-hydrogen) atoms. The number of ether oxygens (including phenoxy) is 1. The molecular formula is C18H18N2O2. The zero-order valence-corrected chi connectivity index (χ0v) is 12.5. The summed E-state index contributed by atoms with van der Waals surface area (Å²) < 4.78 is 6.91. The lowest BCUT2D eigenvalue weighted by atomic mass is 10.1. The highest BCUT2D eigenvalue weighted by Gasteiger charge is 2.05. The van der Waals surface area contributed by atoms with Crippen LogP contribution in [0.4, 0.5) is 0 Å². The van der Waals surface area contributed by atoms with Crippen LogP contribution < -0.4 is 16.0 Å². The molecule has 0 aliphatic rings. The number of rotatable bonds is 4. The molecule has 2 N–H and O–H groups in total. The van der Waals surface area contributed by atoms with E-state index in [9.17, 15) is 4.79 Å². The Kier molecular flexibility index (Phi) is 3.94. The van der Waals surface area contributed by atoms with Crippen molar-refractivity contribution in [3.05, 3.63) is 76.2 Å². The van der Waals surface area contributed by atoms with Crippen molar-refractivity contribution in [2.24, 2.45) is 5.73 Å². The molecule has 1 aromatic heterocycles. The summed E-state index contributed by atoms with van der Waals surface area (Å²) in [4.78, 5) is 12.6. The van der Waals surface area contributed by atoms with Crippen LogP contribution in [0.2, 0.25) is 0 Å². The fourth-order valence-corrected chi connectivity index (χ4v) is 2.50. The van der Waals surface area contributed by atoms with Gasteiger partial charge < -0.3 is 15.0 Å². The molecule has 112 valence electrons. The first kappa shape index (κ1) is 14.4. The van der Waals surface area contributed by atoms with Gasteiger partial charge in [-0.25, -0.2) is 0 Å². The molecule has 0 bridgehead atoms. The van der Waals surface area contributed by atoms with Gasteiger partial charge in [0.25, 0.3) is 5.56 Å². The van der Waals surface area contributed by atoms with E-state index in [1.54, 1.807) is 11.7 Å². The van der Waals surface area contributed by atoms with Gasteiger partial charge in [0.05, 0.1) is 13.7 Å². The molecule has 2 aromatic carbocycles. The van der Waals surface area contributed by atoms with E-state index in [1.807, 2.05) is 54.7 Å². The van der Waals surface area contributed by atoms with Gasteiger partial charge in [-0.2, -0.15) is 0 Å². The molecule has 0 aliphatic carbocycles. The second-order valence-corrected chi connectivity index (χ2v) is 5.22. The quantitative estimate of drug-likeness (QED) is 0.804. The molecule has 0 atom stereocenters. The molecule has 3 aromatic rings. The molecule has 0 amide bonds. The topological polar surface area (TPSA) is 57.2 Å². The highest BCUT2D eigenvalue weighted by Crippen LogP contribution is 2.18. The minimum Gasteiger partial charge on any atom is -0.497 e. The molecule has 0 fully saturated rings. The molecule has 0 saturated heterocycles.